The van der Waals surface area contributed by atoms with Crippen LogP contribution in [0.5, 0.6) is 17.2 Å². The van der Waals surface area contributed by atoms with Crippen LogP contribution in [0.15, 0.2) is 47.6 Å². The Morgan fingerprint density at radius 1 is 1.03 bits per heavy atom. The van der Waals surface area contributed by atoms with Gasteiger partial charge in [-0.3, -0.25) is 9.59 Å². The number of amidine groups is 1. The van der Waals surface area contributed by atoms with Crippen molar-refractivity contribution in [3.8, 4) is 17.2 Å². The maximum Gasteiger partial charge on any atom is 0.343 e. The van der Waals surface area contributed by atoms with Crippen LogP contribution in [-0.4, -0.2) is 42.2 Å². The van der Waals surface area contributed by atoms with E-state index in [9.17, 15) is 14.4 Å². The molecular formula is C21H21N3O6S. The molecular weight excluding hydrogens is 422 g/mol. The van der Waals surface area contributed by atoms with Crippen LogP contribution in [0.2, 0.25) is 0 Å². The number of hydrazone groups is 1. The van der Waals surface area contributed by atoms with Crippen LogP contribution in [0.1, 0.15) is 35.1 Å². The molecule has 0 bridgehead atoms. The van der Waals surface area contributed by atoms with Crippen molar-refractivity contribution in [1.29, 1.82) is 0 Å². The van der Waals surface area contributed by atoms with E-state index < -0.39 is 11.3 Å². The number of amides is 2. The molecule has 0 unspecified atom stereocenters. The first-order valence-electron chi connectivity index (χ1n) is 9.19. The Morgan fingerprint density at radius 2 is 1.81 bits per heavy atom. The highest BCUT2D eigenvalue weighted by molar-refractivity contribution is 8.14. The van der Waals surface area contributed by atoms with E-state index in [2.05, 4.69) is 10.4 Å². The zero-order valence-electron chi connectivity index (χ0n) is 17.4. The molecule has 0 aliphatic carbocycles. The zero-order chi connectivity index (χ0) is 22.5. The second-order valence-corrected chi connectivity index (χ2v) is 7.52. The minimum atomic E-state index is -0.568. The Balaban J connectivity index is 1.83. The summed E-state index contributed by atoms with van der Waals surface area (Å²) in [5, 5.41) is 7.84. The molecule has 1 atom stereocenters. The summed E-state index contributed by atoms with van der Waals surface area (Å²) >= 11 is 1.21. The van der Waals surface area contributed by atoms with Gasteiger partial charge in [0.25, 0.3) is 0 Å². The van der Waals surface area contributed by atoms with Crippen LogP contribution in [0, 0.1) is 0 Å². The molecule has 1 aliphatic heterocycles. The predicted octanol–water partition coefficient (Wildman–Crippen LogP) is 2.92. The number of methoxy groups -OCH3 is 2. The first kappa shape index (κ1) is 22.2. The molecule has 0 spiro atoms. The molecule has 1 heterocycles. The zero-order valence-corrected chi connectivity index (χ0v) is 18.2. The number of nitrogens with zero attached hydrogens (tertiary/aromatic N) is 2. The van der Waals surface area contributed by atoms with Crippen molar-refractivity contribution in [2.24, 2.45) is 5.10 Å². The molecule has 9 nitrogen and oxygen atoms in total. The Labute approximate surface area is 183 Å². The van der Waals surface area contributed by atoms with Crippen molar-refractivity contribution in [3.05, 3.63) is 53.6 Å². The molecule has 0 aromatic heterocycles. The number of hydrogen-bond donors (Lipinski definition) is 1. The van der Waals surface area contributed by atoms with Crippen LogP contribution in [0.3, 0.4) is 0 Å². The number of carbonyl (C=O) groups excluding carboxylic acids is 3. The van der Waals surface area contributed by atoms with Gasteiger partial charge in [-0.15, -0.1) is 5.10 Å². The lowest BCUT2D eigenvalue weighted by atomic mass is 10.2. The van der Waals surface area contributed by atoms with E-state index >= 15 is 0 Å². The van der Waals surface area contributed by atoms with Crippen molar-refractivity contribution in [1.82, 2.24) is 10.3 Å². The molecule has 1 N–H and O–H groups in total. The molecule has 0 saturated heterocycles. The van der Waals surface area contributed by atoms with E-state index in [1.54, 1.807) is 42.5 Å². The maximum atomic E-state index is 12.5. The van der Waals surface area contributed by atoms with Crippen LogP contribution in [0.25, 0.3) is 0 Å². The highest BCUT2D eigenvalue weighted by Crippen LogP contribution is 2.41. The van der Waals surface area contributed by atoms with Gasteiger partial charge in [0.1, 0.15) is 11.1 Å². The molecule has 1 aliphatic rings. The standard InChI is InChI=1S/C21H21N3O6S/c1-12(25)22-21-23-24(13(2)26)19(31-21)14-8-9-17(18(11-14)29-4)30-20(27)15-6-5-7-16(10-15)28-3/h5-11,19H,1-4H3,(H,22,23,25)/t19-/m1/s1. The molecule has 3 rings (SSSR count). The fraction of sp³-hybridized carbons (Fsp3) is 0.238. The van der Waals surface area contributed by atoms with Gasteiger partial charge >= 0.3 is 5.97 Å². The Morgan fingerprint density at radius 3 is 2.45 bits per heavy atom. The average molecular weight is 443 g/mol. The minimum Gasteiger partial charge on any atom is -0.497 e. The molecule has 2 aromatic rings. The predicted molar refractivity (Wildman–Crippen MR) is 115 cm³/mol. The van der Waals surface area contributed by atoms with E-state index in [-0.39, 0.29) is 17.6 Å². The quantitative estimate of drug-likeness (QED) is 0.559. The van der Waals surface area contributed by atoms with Crippen molar-refractivity contribution in [3.63, 3.8) is 0 Å². The van der Waals surface area contributed by atoms with Gasteiger partial charge in [-0.25, -0.2) is 9.80 Å². The maximum absolute atomic E-state index is 12.5. The fourth-order valence-corrected chi connectivity index (χ4v) is 3.94. The number of nitrogens with one attached hydrogen (secondary N) is 1. The van der Waals surface area contributed by atoms with Crippen molar-refractivity contribution in [2.45, 2.75) is 19.2 Å². The monoisotopic (exact) mass is 443 g/mol. The summed E-state index contributed by atoms with van der Waals surface area (Å²) < 4.78 is 16.0. The molecule has 0 fully saturated rings. The largest absolute Gasteiger partial charge is 0.497 e. The van der Waals surface area contributed by atoms with E-state index in [0.29, 0.717) is 27.8 Å². The number of thioether (sulfide) groups is 1. The van der Waals surface area contributed by atoms with Gasteiger partial charge in [0.05, 0.1) is 19.8 Å². The molecule has 2 aromatic carbocycles. The third-order valence-electron chi connectivity index (χ3n) is 4.23. The van der Waals surface area contributed by atoms with E-state index in [0.717, 1.165) is 0 Å². The summed E-state index contributed by atoms with van der Waals surface area (Å²) in [5.41, 5.74) is 1.01. The third kappa shape index (κ3) is 5.15. The van der Waals surface area contributed by atoms with Crippen LogP contribution >= 0.6 is 11.8 Å². The highest BCUT2D eigenvalue weighted by atomic mass is 32.2. The smallest absolute Gasteiger partial charge is 0.343 e. The number of rotatable bonds is 5. The van der Waals surface area contributed by atoms with E-state index in [1.165, 1.54) is 44.8 Å². The number of carbonyl (C=O) groups is 3. The van der Waals surface area contributed by atoms with Gasteiger partial charge in [-0.2, -0.15) is 0 Å². The first-order valence-corrected chi connectivity index (χ1v) is 10.1. The Kier molecular flexibility index (Phi) is 6.81. The number of benzene rings is 2. The molecule has 2 amide bonds. The Hall–Kier alpha value is -3.53. The molecule has 0 radical (unpaired) electrons. The topological polar surface area (TPSA) is 107 Å². The number of ether oxygens (including phenoxy) is 3. The van der Waals surface area contributed by atoms with Crippen molar-refractivity contribution >= 4 is 34.7 Å². The van der Waals surface area contributed by atoms with E-state index in [4.69, 9.17) is 14.2 Å². The molecule has 162 valence electrons. The van der Waals surface area contributed by atoms with Gasteiger partial charge in [-0.05, 0) is 35.9 Å². The average Bonchev–Trinajstić information content (AvgIpc) is 3.17. The molecule has 10 heteroatoms. The minimum absolute atomic E-state index is 0.222. The van der Waals surface area contributed by atoms with E-state index in [1.807, 2.05) is 0 Å². The first-order chi connectivity index (χ1) is 14.8. The second kappa shape index (κ2) is 9.52. The lowest BCUT2D eigenvalue weighted by Gasteiger charge is -2.20. The summed E-state index contributed by atoms with van der Waals surface area (Å²) in [7, 11) is 2.96. The summed E-state index contributed by atoms with van der Waals surface area (Å²) in [6.07, 6.45) is 0. The van der Waals surface area contributed by atoms with Gasteiger partial charge in [-0.1, -0.05) is 23.9 Å². The molecule has 31 heavy (non-hydrogen) atoms. The fourth-order valence-electron chi connectivity index (χ4n) is 2.81. The van der Waals surface area contributed by atoms with Crippen molar-refractivity contribution < 1.29 is 28.6 Å². The highest BCUT2D eigenvalue weighted by Gasteiger charge is 2.33. The summed E-state index contributed by atoms with van der Waals surface area (Å²) in [4.78, 5) is 35.9. The van der Waals surface area contributed by atoms with Crippen LogP contribution < -0.4 is 19.5 Å². The Bertz CT molecular complexity index is 1060. The van der Waals surface area contributed by atoms with Crippen LogP contribution in [-0.2, 0) is 9.59 Å². The summed E-state index contributed by atoms with van der Waals surface area (Å²) in [6.45, 7) is 2.75. The third-order valence-corrected chi connectivity index (χ3v) is 5.33. The van der Waals surface area contributed by atoms with Gasteiger partial charge in [0.2, 0.25) is 11.8 Å². The number of esters is 1. The normalized spacial score (nSPS) is 15.2. The SMILES string of the molecule is COc1cccc(C(=O)Oc2ccc([C@H]3SC(NC(C)=O)=NN3C(C)=O)cc2OC)c1. The molecule has 0 saturated carbocycles. The summed E-state index contributed by atoms with van der Waals surface area (Å²) in [5.74, 6) is -0.0699. The summed E-state index contributed by atoms with van der Waals surface area (Å²) in [6, 6.07) is 11.6. The lowest BCUT2D eigenvalue weighted by molar-refractivity contribution is -0.129. The lowest BCUT2D eigenvalue weighted by Crippen LogP contribution is -2.25. The van der Waals surface area contributed by atoms with Gasteiger partial charge in [0, 0.05) is 13.8 Å². The second-order valence-electron chi connectivity index (χ2n) is 6.45. The van der Waals surface area contributed by atoms with Gasteiger partial charge < -0.3 is 19.5 Å². The van der Waals surface area contributed by atoms with Gasteiger partial charge in [0.15, 0.2) is 16.7 Å². The van der Waals surface area contributed by atoms with Crippen molar-refractivity contribution in [2.75, 3.05) is 14.2 Å². The number of hydrogen-bond acceptors (Lipinski definition) is 8. The van der Waals surface area contributed by atoms with Crippen LogP contribution in [0.4, 0.5) is 0 Å².